The fourth-order valence-corrected chi connectivity index (χ4v) is 2.38. The summed E-state index contributed by atoms with van der Waals surface area (Å²) in [4.78, 5) is 12.9. The maximum absolute atomic E-state index is 6.23. The summed E-state index contributed by atoms with van der Waals surface area (Å²) in [7, 11) is 3.26. The molecule has 2 unspecified atom stereocenters. The number of nitrogens with zero attached hydrogens (tertiary/aromatic N) is 4. The molecule has 0 bridgehead atoms. The van der Waals surface area contributed by atoms with Crippen molar-refractivity contribution in [1.29, 1.82) is 0 Å². The van der Waals surface area contributed by atoms with Crippen LogP contribution in [0.25, 0.3) is 11.2 Å². The highest BCUT2D eigenvalue weighted by molar-refractivity contribution is 6.20. The third-order valence-corrected chi connectivity index (χ3v) is 3.22. The topological polar surface area (TPSA) is 62.1 Å². The molecule has 0 aliphatic rings. The van der Waals surface area contributed by atoms with Crippen LogP contribution < -0.4 is 4.74 Å². The van der Waals surface area contributed by atoms with Gasteiger partial charge in [-0.1, -0.05) is 6.92 Å². The smallest absolute Gasteiger partial charge is 0.245 e. The van der Waals surface area contributed by atoms with Crippen LogP contribution >= 0.6 is 11.6 Å². The third-order valence-electron chi connectivity index (χ3n) is 3.02. The van der Waals surface area contributed by atoms with Crippen LogP contribution in [-0.4, -0.2) is 40.3 Å². The normalized spacial score (nSPS) is 14.4. The number of alkyl halides is 1. The van der Waals surface area contributed by atoms with E-state index >= 15 is 0 Å². The Kier molecular flexibility index (Phi) is 4.77. The van der Waals surface area contributed by atoms with Crippen molar-refractivity contribution in [1.82, 2.24) is 19.5 Å². The average molecular weight is 299 g/mol. The highest BCUT2D eigenvalue weighted by atomic mass is 35.5. The van der Waals surface area contributed by atoms with Gasteiger partial charge < -0.3 is 14.0 Å². The zero-order valence-electron chi connectivity index (χ0n) is 12.1. The van der Waals surface area contributed by atoms with Gasteiger partial charge in [0.2, 0.25) is 5.88 Å². The first-order valence-electron chi connectivity index (χ1n) is 6.46. The largest absolute Gasteiger partial charge is 0.479 e. The molecule has 0 N–H and O–H groups in total. The molecule has 0 aromatic carbocycles. The SMILES string of the molecule is COCC(C)Cn1c(C(C)Cl)nc2c(OC)ncnc21. The Labute approximate surface area is 123 Å². The minimum atomic E-state index is -0.219. The molecule has 2 heterocycles. The van der Waals surface area contributed by atoms with Gasteiger partial charge in [0.25, 0.3) is 0 Å². The first kappa shape index (κ1) is 15.0. The van der Waals surface area contributed by atoms with Crippen LogP contribution in [-0.2, 0) is 11.3 Å². The van der Waals surface area contributed by atoms with E-state index in [1.54, 1.807) is 14.2 Å². The minimum absolute atomic E-state index is 0.219. The standard InChI is InChI=1S/C13H19ClN4O2/c1-8(6-19-3)5-18-11(9(2)14)17-10-12(18)15-7-16-13(10)20-4/h7-9H,5-6H2,1-4H3. The van der Waals surface area contributed by atoms with E-state index < -0.39 is 0 Å². The molecule has 0 aliphatic heterocycles. The fourth-order valence-electron chi connectivity index (χ4n) is 2.21. The predicted octanol–water partition coefficient (Wildman–Crippen LogP) is 2.42. The number of fused-ring (bicyclic) bond motifs is 1. The summed E-state index contributed by atoms with van der Waals surface area (Å²) >= 11 is 6.23. The van der Waals surface area contributed by atoms with Gasteiger partial charge in [-0.25, -0.2) is 9.97 Å². The molecule has 2 aromatic rings. The molecular formula is C13H19ClN4O2. The molecule has 0 spiro atoms. The maximum atomic E-state index is 6.23. The number of imidazole rings is 1. The summed E-state index contributed by atoms with van der Waals surface area (Å²) in [5, 5.41) is -0.219. The molecule has 20 heavy (non-hydrogen) atoms. The molecule has 2 rings (SSSR count). The Morgan fingerprint density at radius 2 is 2.05 bits per heavy atom. The second-order valence-corrected chi connectivity index (χ2v) is 5.47. The Morgan fingerprint density at radius 1 is 1.30 bits per heavy atom. The first-order chi connectivity index (χ1) is 9.58. The lowest BCUT2D eigenvalue weighted by molar-refractivity contribution is 0.151. The van der Waals surface area contributed by atoms with E-state index in [0.29, 0.717) is 23.9 Å². The second kappa shape index (κ2) is 6.37. The maximum Gasteiger partial charge on any atom is 0.245 e. The number of aromatic nitrogens is 4. The third kappa shape index (κ3) is 2.86. The second-order valence-electron chi connectivity index (χ2n) is 4.81. The minimum Gasteiger partial charge on any atom is -0.479 e. The van der Waals surface area contributed by atoms with Crippen molar-refractivity contribution in [3.05, 3.63) is 12.2 Å². The van der Waals surface area contributed by atoms with Crippen LogP contribution in [0.5, 0.6) is 5.88 Å². The summed E-state index contributed by atoms with van der Waals surface area (Å²) < 4.78 is 12.4. The van der Waals surface area contributed by atoms with Crippen LogP contribution in [0.4, 0.5) is 0 Å². The van der Waals surface area contributed by atoms with E-state index in [4.69, 9.17) is 21.1 Å². The van der Waals surface area contributed by atoms with E-state index in [1.165, 1.54) is 6.33 Å². The van der Waals surface area contributed by atoms with Crippen LogP contribution in [0.15, 0.2) is 6.33 Å². The van der Waals surface area contributed by atoms with Crippen molar-refractivity contribution in [2.24, 2.45) is 5.92 Å². The lowest BCUT2D eigenvalue weighted by Gasteiger charge is -2.14. The summed E-state index contributed by atoms with van der Waals surface area (Å²) in [6.07, 6.45) is 1.48. The molecule has 110 valence electrons. The highest BCUT2D eigenvalue weighted by Gasteiger charge is 2.20. The Morgan fingerprint density at radius 3 is 2.65 bits per heavy atom. The van der Waals surface area contributed by atoms with Crippen molar-refractivity contribution >= 4 is 22.8 Å². The van der Waals surface area contributed by atoms with Crippen molar-refractivity contribution in [3.63, 3.8) is 0 Å². The average Bonchev–Trinajstić information content (AvgIpc) is 2.78. The van der Waals surface area contributed by atoms with Crippen LogP contribution in [0.1, 0.15) is 25.0 Å². The number of ether oxygens (including phenoxy) is 2. The van der Waals surface area contributed by atoms with Crippen molar-refractivity contribution < 1.29 is 9.47 Å². The summed E-state index contributed by atoms with van der Waals surface area (Å²) in [6, 6.07) is 0. The highest BCUT2D eigenvalue weighted by Crippen LogP contribution is 2.28. The quantitative estimate of drug-likeness (QED) is 0.766. The molecule has 6 nitrogen and oxygen atoms in total. The van der Waals surface area contributed by atoms with Gasteiger partial charge in [0.15, 0.2) is 11.2 Å². The van der Waals surface area contributed by atoms with Crippen molar-refractivity contribution in [2.75, 3.05) is 20.8 Å². The van der Waals surface area contributed by atoms with Gasteiger partial charge in [-0.2, -0.15) is 4.98 Å². The van der Waals surface area contributed by atoms with E-state index in [9.17, 15) is 0 Å². The monoisotopic (exact) mass is 298 g/mol. The summed E-state index contributed by atoms with van der Waals surface area (Å²) in [5.74, 6) is 1.56. The van der Waals surface area contributed by atoms with E-state index in [0.717, 1.165) is 18.0 Å². The van der Waals surface area contributed by atoms with E-state index in [-0.39, 0.29) is 5.38 Å². The fraction of sp³-hybridized carbons (Fsp3) is 0.615. The van der Waals surface area contributed by atoms with Crippen molar-refractivity contribution in [2.45, 2.75) is 25.8 Å². The summed E-state index contributed by atoms with van der Waals surface area (Å²) in [6.45, 7) is 5.39. The Balaban J connectivity index is 2.52. The number of methoxy groups -OCH3 is 2. The van der Waals surface area contributed by atoms with Crippen molar-refractivity contribution in [3.8, 4) is 5.88 Å². The van der Waals surface area contributed by atoms with Gasteiger partial charge in [-0.3, -0.25) is 0 Å². The lowest BCUT2D eigenvalue weighted by Crippen LogP contribution is -2.15. The Hall–Kier alpha value is -1.40. The van der Waals surface area contributed by atoms with Gasteiger partial charge >= 0.3 is 0 Å². The molecule has 0 aliphatic carbocycles. The molecule has 0 amide bonds. The zero-order chi connectivity index (χ0) is 14.7. The van der Waals surface area contributed by atoms with Crippen LogP contribution in [0.2, 0.25) is 0 Å². The molecule has 2 atom stereocenters. The summed E-state index contributed by atoms with van der Waals surface area (Å²) in [5.41, 5.74) is 1.38. The number of hydrogen-bond donors (Lipinski definition) is 0. The molecule has 0 radical (unpaired) electrons. The van der Waals surface area contributed by atoms with Crippen LogP contribution in [0, 0.1) is 5.92 Å². The molecule has 0 fully saturated rings. The van der Waals surface area contributed by atoms with E-state index in [1.807, 2.05) is 11.5 Å². The van der Waals surface area contributed by atoms with Gasteiger partial charge in [-0.15, -0.1) is 11.6 Å². The molecule has 0 saturated heterocycles. The van der Waals surface area contributed by atoms with Gasteiger partial charge in [-0.05, 0) is 12.8 Å². The van der Waals surface area contributed by atoms with E-state index in [2.05, 4.69) is 21.9 Å². The molecular weight excluding hydrogens is 280 g/mol. The first-order valence-corrected chi connectivity index (χ1v) is 6.90. The lowest BCUT2D eigenvalue weighted by atomic mass is 10.2. The van der Waals surface area contributed by atoms with Gasteiger partial charge in [0.1, 0.15) is 12.2 Å². The molecule has 7 heteroatoms. The van der Waals surface area contributed by atoms with Gasteiger partial charge in [0.05, 0.1) is 19.1 Å². The zero-order valence-corrected chi connectivity index (χ0v) is 12.9. The number of halogens is 1. The van der Waals surface area contributed by atoms with Gasteiger partial charge in [0, 0.05) is 13.7 Å². The van der Waals surface area contributed by atoms with Crippen LogP contribution in [0.3, 0.4) is 0 Å². The Bertz CT molecular complexity index is 585. The molecule has 2 aromatic heterocycles. The number of hydrogen-bond acceptors (Lipinski definition) is 5. The predicted molar refractivity (Wildman–Crippen MR) is 77.2 cm³/mol. The molecule has 0 saturated carbocycles. The number of rotatable bonds is 6.